The molecule has 10 N–H and O–H groups in total. The fourth-order valence-corrected chi connectivity index (χ4v) is 13.6. The van der Waals surface area contributed by atoms with Crippen LogP contribution in [0.1, 0.15) is 73.1 Å². The standard InChI is InChI=1S/C30H55N3O11Si2.C29H48N6O9.C20H36N4O9Si/c1-10-26(35)43-23-30(3,24-44-27(36)11-2)22-25(34)33(16-18-41-28(37)31-14-12-20-45(6,7)39-4)17-19-42-29(38)32-15-13-21-46(8,9)40-5;1-8-9-14-34(28(40)32-12-19-43-25(37)22(4)5)16-17-35(29(41)33-13-20-44-26(38)23(6)7)15-10-30-27(39)31-11-18-42-24(36)21(2)3;1-5-17(26)32-13-9-22-19(28)21-8-12-24(11-7-15-34(16-25,30-3)31-4)20(29)23-10-14-33-18(27)6-2/h10-11H,1-2,12-24H2,3-9H3,(H,31,37)(H,32,38);2,4,6,8-20H2,1,3,5,7H3,(H,32,40)(H,33,41)(H2,30,31,39);5-6,25H,1-2,7-16H2,3-4H3,(H,23,29)(H2,21,22,28). The largest absolute Gasteiger partial charge is 0.462 e. The molecule has 0 unspecified atom stereocenters. The zero-order chi connectivity index (χ0) is 94.5. The van der Waals surface area contributed by atoms with Crippen molar-refractivity contribution in [3.05, 3.63) is 87.1 Å². The fourth-order valence-electron chi connectivity index (χ4n) is 9.47. The van der Waals surface area contributed by atoms with E-state index in [4.69, 9.17) is 60.3 Å². The number of carbonyl (C=O) groups excluding carboxylic acids is 15. The highest BCUT2D eigenvalue weighted by Crippen LogP contribution is 2.25. The van der Waals surface area contributed by atoms with Crippen LogP contribution in [-0.4, -0.2) is 345 Å². The lowest BCUT2D eigenvalue weighted by Gasteiger charge is -2.31. The maximum absolute atomic E-state index is 13.5. The number of ether oxygens (including phenoxy) is 9. The molecule has 13 amide bonds. The molecule has 0 aromatic rings. The lowest BCUT2D eigenvalue weighted by molar-refractivity contribution is -0.152. The number of urea groups is 5. The van der Waals surface area contributed by atoms with Crippen LogP contribution < -0.4 is 47.9 Å². The highest BCUT2D eigenvalue weighted by Gasteiger charge is 2.36. The summed E-state index contributed by atoms with van der Waals surface area (Å²) in [7, 11) is 0.117. The number of hydrogen-bond acceptors (Lipinski definition) is 29. The molecular formula is C79H139N13O29Si3. The van der Waals surface area contributed by atoms with Crippen molar-refractivity contribution in [1.82, 2.24) is 67.5 Å². The van der Waals surface area contributed by atoms with Gasteiger partial charge in [-0.3, -0.25) is 4.79 Å². The van der Waals surface area contributed by atoms with Gasteiger partial charge in [-0.1, -0.05) is 66.3 Å². The van der Waals surface area contributed by atoms with Crippen molar-refractivity contribution in [2.45, 2.75) is 117 Å². The first kappa shape index (κ1) is 117. The molecule has 0 saturated heterocycles. The van der Waals surface area contributed by atoms with E-state index in [1.54, 1.807) is 26.0 Å². The lowest BCUT2D eigenvalue weighted by Crippen LogP contribution is -2.50. The van der Waals surface area contributed by atoms with Gasteiger partial charge in [-0.25, -0.2) is 67.1 Å². The molecule has 0 aliphatic carbocycles. The highest BCUT2D eigenvalue weighted by molar-refractivity contribution is 6.71. The number of amides is 13. The average molecular weight is 1820 g/mol. The Morgan fingerprint density at radius 2 is 0.685 bits per heavy atom. The summed E-state index contributed by atoms with van der Waals surface area (Å²) in [6, 6.07) is -0.120. The van der Waals surface area contributed by atoms with Crippen molar-refractivity contribution in [2.24, 2.45) is 5.41 Å². The van der Waals surface area contributed by atoms with Crippen LogP contribution in [-0.2, 0) is 98.7 Å². The second-order valence-electron chi connectivity index (χ2n) is 28.7. The summed E-state index contributed by atoms with van der Waals surface area (Å²) in [5.74, 6) is -4.70. The molecule has 0 aliphatic heterocycles. The summed E-state index contributed by atoms with van der Waals surface area (Å²) in [5, 5.41) is 33.2. The van der Waals surface area contributed by atoms with Crippen LogP contribution in [0.3, 0.4) is 0 Å². The van der Waals surface area contributed by atoms with E-state index in [0.29, 0.717) is 38.6 Å². The van der Waals surface area contributed by atoms with Crippen molar-refractivity contribution in [2.75, 3.05) is 205 Å². The van der Waals surface area contributed by atoms with Gasteiger partial charge in [0.1, 0.15) is 59.5 Å². The van der Waals surface area contributed by atoms with Crippen molar-refractivity contribution in [1.29, 1.82) is 0 Å². The van der Waals surface area contributed by atoms with E-state index in [0.717, 1.165) is 62.1 Å². The van der Waals surface area contributed by atoms with Gasteiger partial charge in [-0.05, 0) is 90.8 Å². The van der Waals surface area contributed by atoms with Gasteiger partial charge in [0.2, 0.25) is 5.91 Å². The smallest absolute Gasteiger partial charge is 0.407 e. The third-order valence-corrected chi connectivity index (χ3v) is 25.6. The number of unbranched alkanes of at least 4 members (excludes halogenated alkanes) is 1. The first-order chi connectivity index (χ1) is 58.6. The van der Waals surface area contributed by atoms with E-state index in [1.807, 2.05) is 6.92 Å². The molecule has 0 bridgehead atoms. The van der Waals surface area contributed by atoms with Gasteiger partial charge in [0.15, 0.2) is 16.6 Å². The number of alkyl carbamates (subject to hydrolysis) is 2. The van der Waals surface area contributed by atoms with Crippen LogP contribution >= 0.6 is 0 Å². The van der Waals surface area contributed by atoms with Gasteiger partial charge in [0.25, 0.3) is 0 Å². The van der Waals surface area contributed by atoms with E-state index in [1.165, 1.54) is 49.7 Å². The SMILES string of the molecule is C=C(C)C(=O)OCCNC(=O)NCCN(CCN(CCCC)C(=O)NCCOC(=O)C(=C)C)C(=O)NCCOC(=O)C(=C)C.C=CC(=O)OCC(C)(COC(=O)C=C)CC(=O)N(CCOC(=O)NCCC[Si](C)(C)OC)CCOC(=O)NCCC[Si](C)(C)OC.C=CC(=O)OCCNC(=O)NCCN(CCC[Si](CO)(OC)OC)C(=O)NCCOC(=O)C=C. The van der Waals surface area contributed by atoms with Gasteiger partial charge in [0, 0.05) is 147 Å². The molecule has 0 spiro atoms. The Labute approximate surface area is 732 Å². The monoisotopic (exact) mass is 1820 g/mol. The van der Waals surface area contributed by atoms with Crippen LogP contribution in [0, 0.1) is 5.41 Å². The number of nitrogens with zero attached hydrogens (tertiary/aromatic N) is 4. The Kier molecular flexibility index (Phi) is 66.0. The summed E-state index contributed by atoms with van der Waals surface area (Å²) in [6.07, 6.45) is 5.86. The molecule has 0 atom stereocenters. The van der Waals surface area contributed by atoms with E-state index < -0.39 is 115 Å². The second-order valence-corrected chi connectivity index (χ2v) is 41.0. The second kappa shape index (κ2) is 69.7. The van der Waals surface area contributed by atoms with Crippen molar-refractivity contribution in [3.8, 4) is 0 Å². The number of rotatable bonds is 63. The van der Waals surface area contributed by atoms with E-state index >= 15 is 0 Å². The number of esters is 7. The molecule has 0 aromatic carbocycles. The summed E-state index contributed by atoms with van der Waals surface area (Å²) in [5.41, 5.74) is -0.376. The molecule has 124 heavy (non-hydrogen) atoms. The van der Waals surface area contributed by atoms with Gasteiger partial charge in [-0.2, -0.15) is 0 Å². The fraction of sp³-hybridized carbons (Fsp3) is 0.633. The molecule has 0 rings (SSSR count). The minimum atomic E-state index is -2.74. The molecule has 0 aliphatic rings. The summed E-state index contributed by atoms with van der Waals surface area (Å²) in [6.45, 7) is 42.1. The normalized spacial score (nSPS) is 10.7. The van der Waals surface area contributed by atoms with Crippen molar-refractivity contribution < 1.29 is 137 Å². The highest BCUT2D eigenvalue weighted by atomic mass is 28.4. The topological polar surface area (TPSA) is 518 Å². The Balaban J connectivity index is -0.00000179. The lowest BCUT2D eigenvalue weighted by atomic mass is 9.88. The molecular weight excluding hydrogens is 1680 g/mol. The van der Waals surface area contributed by atoms with Gasteiger partial charge in [-0.15, -0.1) is 0 Å². The van der Waals surface area contributed by atoms with Crippen LogP contribution in [0.15, 0.2) is 87.1 Å². The van der Waals surface area contributed by atoms with Crippen molar-refractivity contribution in [3.63, 3.8) is 0 Å². The Morgan fingerprint density at radius 3 is 1.02 bits per heavy atom. The molecule has 706 valence electrons. The Morgan fingerprint density at radius 1 is 0.363 bits per heavy atom. The molecule has 0 radical (unpaired) electrons. The minimum Gasteiger partial charge on any atom is -0.462 e. The van der Waals surface area contributed by atoms with E-state index in [-0.39, 0.29) is 180 Å². The number of aliphatic hydroxyl groups is 1. The Hall–Kier alpha value is -10.7. The predicted octanol–water partition coefficient (Wildman–Crippen LogP) is 4.48. The molecule has 0 saturated carbocycles. The van der Waals surface area contributed by atoms with E-state index in [2.05, 4.69) is 120 Å². The number of carbonyl (C=O) groups is 15. The average Bonchev–Trinajstić information content (AvgIpc) is 0.851. The summed E-state index contributed by atoms with van der Waals surface area (Å²) in [4.78, 5) is 186. The predicted molar refractivity (Wildman–Crippen MR) is 467 cm³/mol. The number of aliphatic hydroxyl groups excluding tert-OH is 1. The van der Waals surface area contributed by atoms with Crippen molar-refractivity contribution >= 4 is 115 Å². The molecule has 42 nitrogen and oxygen atoms in total. The molecule has 0 aromatic heterocycles. The summed E-state index contributed by atoms with van der Waals surface area (Å²) < 4.78 is 67.1. The number of hydrogen-bond donors (Lipinski definition) is 10. The molecule has 0 heterocycles. The third-order valence-electron chi connectivity index (χ3n) is 17.2. The van der Waals surface area contributed by atoms with Crippen LogP contribution in [0.5, 0.6) is 0 Å². The minimum absolute atomic E-state index is 0.00126. The molecule has 0 fully saturated rings. The Bertz CT molecular complexity index is 3310. The zero-order valence-corrected chi connectivity index (χ0v) is 77.9. The zero-order valence-electron chi connectivity index (χ0n) is 74.9. The van der Waals surface area contributed by atoms with Gasteiger partial charge < -0.3 is 133 Å². The maximum atomic E-state index is 13.5. The summed E-state index contributed by atoms with van der Waals surface area (Å²) >= 11 is 0. The van der Waals surface area contributed by atoms with E-state index in [9.17, 15) is 77.0 Å². The first-order valence-electron chi connectivity index (χ1n) is 40.3. The molecule has 45 heteroatoms. The van der Waals surface area contributed by atoms with Crippen LogP contribution in [0.2, 0.25) is 44.3 Å². The third kappa shape index (κ3) is 61.6. The van der Waals surface area contributed by atoms with Gasteiger partial charge in [0.05, 0.1) is 52.0 Å². The van der Waals surface area contributed by atoms with Crippen LogP contribution in [0.4, 0.5) is 33.6 Å². The quantitative estimate of drug-likeness (QED) is 0.0132. The van der Waals surface area contributed by atoms with Gasteiger partial charge >= 0.3 is 92.7 Å². The maximum Gasteiger partial charge on any atom is 0.407 e. The number of nitrogens with one attached hydrogen (secondary N) is 9. The first-order valence-corrected chi connectivity index (χ1v) is 48.7. The van der Waals surface area contributed by atoms with Crippen LogP contribution in [0.25, 0.3) is 0 Å².